The van der Waals surface area contributed by atoms with Crippen LogP contribution in [0.25, 0.3) is 9.88 Å². The highest BCUT2D eigenvalue weighted by Gasteiger charge is 2.37. The quantitative estimate of drug-likeness (QED) is 0.830. The molecule has 6 nitrogen and oxygen atoms in total. The van der Waals surface area contributed by atoms with Gasteiger partial charge in [0.25, 0.3) is 0 Å². The van der Waals surface area contributed by atoms with Crippen LogP contribution in [-0.2, 0) is 20.9 Å². The van der Waals surface area contributed by atoms with E-state index in [4.69, 9.17) is 4.74 Å². The number of carbonyl (C=O) groups excluding carboxylic acids is 2. The summed E-state index contributed by atoms with van der Waals surface area (Å²) in [5.41, 5.74) is 0.858. The summed E-state index contributed by atoms with van der Waals surface area (Å²) in [5.74, 6) is 0.0437. The predicted octanol–water partition coefficient (Wildman–Crippen LogP) is 2.91. The van der Waals surface area contributed by atoms with Gasteiger partial charge in [0.1, 0.15) is 11.0 Å². The summed E-state index contributed by atoms with van der Waals surface area (Å²) >= 11 is 3.25. The van der Waals surface area contributed by atoms with E-state index in [1.54, 1.807) is 27.6 Å². The number of hydrogen-bond donors (Lipinski definition) is 1. The highest BCUT2D eigenvalue weighted by atomic mass is 32.1. The van der Waals surface area contributed by atoms with Gasteiger partial charge in [0.05, 0.1) is 17.1 Å². The van der Waals surface area contributed by atoms with Crippen molar-refractivity contribution in [1.29, 1.82) is 0 Å². The van der Waals surface area contributed by atoms with Gasteiger partial charge in [-0.15, -0.1) is 22.7 Å². The number of ether oxygens (including phenoxy) is 1. The Morgan fingerprint density at radius 1 is 1.26 bits per heavy atom. The first-order valence-corrected chi connectivity index (χ1v) is 11.1. The van der Waals surface area contributed by atoms with Crippen molar-refractivity contribution in [1.82, 2.24) is 15.2 Å². The molecule has 0 aromatic carbocycles. The number of amides is 2. The predicted molar refractivity (Wildman–Crippen MR) is 106 cm³/mol. The van der Waals surface area contributed by atoms with Crippen molar-refractivity contribution in [2.45, 2.75) is 38.3 Å². The van der Waals surface area contributed by atoms with Crippen molar-refractivity contribution in [2.75, 3.05) is 19.8 Å². The number of thiazole rings is 1. The summed E-state index contributed by atoms with van der Waals surface area (Å²) in [5, 5.41) is 7.97. The van der Waals surface area contributed by atoms with Crippen LogP contribution in [-0.4, -0.2) is 47.5 Å². The van der Waals surface area contributed by atoms with E-state index in [0.717, 1.165) is 41.3 Å². The van der Waals surface area contributed by atoms with Crippen molar-refractivity contribution in [3.05, 3.63) is 28.6 Å². The van der Waals surface area contributed by atoms with E-state index in [1.807, 2.05) is 22.9 Å². The number of rotatable bonds is 5. The molecular weight excluding hydrogens is 382 g/mol. The number of carbonyl (C=O) groups is 2. The second kappa shape index (κ2) is 8.50. The zero-order valence-electron chi connectivity index (χ0n) is 15.1. The topological polar surface area (TPSA) is 71.5 Å². The molecule has 2 fully saturated rings. The van der Waals surface area contributed by atoms with Gasteiger partial charge in [-0.1, -0.05) is 6.07 Å². The zero-order valence-corrected chi connectivity index (χ0v) is 16.7. The van der Waals surface area contributed by atoms with Gasteiger partial charge in [0.2, 0.25) is 11.8 Å². The summed E-state index contributed by atoms with van der Waals surface area (Å²) in [6.45, 7) is 2.35. The fourth-order valence-corrected chi connectivity index (χ4v) is 5.31. The standard InChI is InChI=1S/C19H23N3O3S2/c23-17(20-11-14-12-27-18(21-14)16-4-2-10-26-16)15-3-1-7-22(15)19(24)13-5-8-25-9-6-13/h2,4,10,12-13,15H,1,3,5-9,11H2,(H,20,23). The van der Waals surface area contributed by atoms with E-state index < -0.39 is 0 Å². The first-order valence-electron chi connectivity index (χ1n) is 9.36. The molecule has 8 heteroatoms. The molecule has 4 heterocycles. The number of aromatic nitrogens is 1. The van der Waals surface area contributed by atoms with E-state index in [-0.39, 0.29) is 23.8 Å². The van der Waals surface area contributed by atoms with Crippen LogP contribution in [0.15, 0.2) is 22.9 Å². The molecule has 2 aromatic heterocycles. The Kier molecular flexibility index (Phi) is 5.85. The normalized spacial score (nSPS) is 20.7. The Balaban J connectivity index is 1.34. The molecule has 0 bridgehead atoms. The fourth-order valence-electron chi connectivity index (χ4n) is 3.68. The average molecular weight is 406 g/mol. The number of thiophene rings is 1. The average Bonchev–Trinajstić information content (AvgIpc) is 3.47. The maximum Gasteiger partial charge on any atom is 0.243 e. The van der Waals surface area contributed by atoms with Crippen LogP contribution < -0.4 is 5.32 Å². The monoisotopic (exact) mass is 405 g/mol. The molecule has 2 amide bonds. The molecule has 144 valence electrons. The van der Waals surface area contributed by atoms with Gasteiger partial charge in [0.15, 0.2) is 0 Å². The van der Waals surface area contributed by atoms with Crippen LogP contribution in [0.4, 0.5) is 0 Å². The highest BCUT2D eigenvalue weighted by Crippen LogP contribution is 2.28. The molecule has 0 saturated carbocycles. The van der Waals surface area contributed by atoms with Crippen molar-refractivity contribution in [3.8, 4) is 9.88 Å². The summed E-state index contributed by atoms with van der Waals surface area (Å²) in [7, 11) is 0. The lowest BCUT2D eigenvalue weighted by atomic mass is 9.98. The van der Waals surface area contributed by atoms with Gasteiger partial charge in [0, 0.05) is 31.1 Å². The lowest BCUT2D eigenvalue weighted by molar-refractivity contribution is -0.143. The van der Waals surface area contributed by atoms with E-state index in [9.17, 15) is 9.59 Å². The van der Waals surface area contributed by atoms with Gasteiger partial charge in [-0.3, -0.25) is 9.59 Å². The highest BCUT2D eigenvalue weighted by molar-refractivity contribution is 7.20. The first-order chi connectivity index (χ1) is 13.2. The number of likely N-dealkylation sites (tertiary alicyclic amines) is 1. The molecule has 0 spiro atoms. The van der Waals surface area contributed by atoms with Crippen LogP contribution in [0.5, 0.6) is 0 Å². The summed E-state index contributed by atoms with van der Waals surface area (Å²) in [6, 6.07) is 3.70. The second-order valence-electron chi connectivity index (χ2n) is 6.92. The molecular formula is C19H23N3O3S2. The summed E-state index contributed by atoms with van der Waals surface area (Å²) in [4.78, 5) is 33.0. The molecule has 1 atom stereocenters. The molecule has 2 aliphatic rings. The molecule has 0 aliphatic carbocycles. The number of hydrogen-bond acceptors (Lipinski definition) is 6. The molecule has 1 N–H and O–H groups in total. The lowest BCUT2D eigenvalue weighted by Crippen LogP contribution is -2.48. The fraction of sp³-hybridized carbons (Fsp3) is 0.526. The Morgan fingerprint density at radius 2 is 2.11 bits per heavy atom. The van der Waals surface area contributed by atoms with E-state index in [0.29, 0.717) is 26.3 Å². The SMILES string of the molecule is O=C(NCc1csc(-c2cccs2)n1)C1CCCN1C(=O)C1CCOCC1. The minimum absolute atomic E-state index is 0.000885. The third-order valence-electron chi connectivity index (χ3n) is 5.14. The Morgan fingerprint density at radius 3 is 2.89 bits per heavy atom. The summed E-state index contributed by atoms with van der Waals surface area (Å²) < 4.78 is 5.35. The maximum atomic E-state index is 12.8. The van der Waals surface area contributed by atoms with Crippen molar-refractivity contribution in [2.24, 2.45) is 5.92 Å². The minimum atomic E-state index is -0.351. The molecule has 27 heavy (non-hydrogen) atoms. The lowest BCUT2D eigenvalue weighted by Gasteiger charge is -2.30. The van der Waals surface area contributed by atoms with Crippen molar-refractivity contribution < 1.29 is 14.3 Å². The molecule has 2 aromatic rings. The smallest absolute Gasteiger partial charge is 0.243 e. The Bertz CT molecular complexity index is 784. The Labute approximate surface area is 166 Å². The maximum absolute atomic E-state index is 12.8. The number of nitrogens with zero attached hydrogens (tertiary/aromatic N) is 2. The van der Waals surface area contributed by atoms with E-state index in [1.165, 1.54) is 0 Å². The van der Waals surface area contributed by atoms with Crippen molar-refractivity contribution >= 4 is 34.5 Å². The largest absolute Gasteiger partial charge is 0.381 e. The van der Waals surface area contributed by atoms with E-state index in [2.05, 4.69) is 10.3 Å². The molecule has 2 aliphatic heterocycles. The summed E-state index contributed by atoms with van der Waals surface area (Å²) in [6.07, 6.45) is 3.13. The van der Waals surface area contributed by atoms with Crippen LogP contribution in [0.3, 0.4) is 0 Å². The third kappa shape index (κ3) is 4.23. The van der Waals surface area contributed by atoms with Crippen molar-refractivity contribution in [3.63, 3.8) is 0 Å². The minimum Gasteiger partial charge on any atom is -0.381 e. The van der Waals surface area contributed by atoms with Crippen LogP contribution in [0, 0.1) is 5.92 Å². The molecule has 1 unspecified atom stereocenters. The molecule has 2 saturated heterocycles. The van der Waals surface area contributed by atoms with Crippen LogP contribution >= 0.6 is 22.7 Å². The second-order valence-corrected chi connectivity index (χ2v) is 8.72. The zero-order chi connectivity index (χ0) is 18.6. The van der Waals surface area contributed by atoms with Gasteiger partial charge in [-0.25, -0.2) is 4.98 Å². The third-order valence-corrected chi connectivity index (χ3v) is 7.07. The van der Waals surface area contributed by atoms with E-state index >= 15 is 0 Å². The van der Waals surface area contributed by atoms with Gasteiger partial charge < -0.3 is 15.0 Å². The molecule has 4 rings (SSSR count). The van der Waals surface area contributed by atoms with Gasteiger partial charge in [-0.05, 0) is 37.1 Å². The van der Waals surface area contributed by atoms with Gasteiger partial charge >= 0.3 is 0 Å². The van der Waals surface area contributed by atoms with Gasteiger partial charge in [-0.2, -0.15) is 0 Å². The Hall–Kier alpha value is -1.77. The first kappa shape index (κ1) is 18.6. The number of nitrogens with one attached hydrogen (secondary N) is 1. The van der Waals surface area contributed by atoms with Crippen LogP contribution in [0.1, 0.15) is 31.4 Å². The van der Waals surface area contributed by atoms with Crippen LogP contribution in [0.2, 0.25) is 0 Å². The molecule has 0 radical (unpaired) electrons.